The lowest BCUT2D eigenvalue weighted by molar-refractivity contribution is -0.113. The van der Waals surface area contributed by atoms with Crippen LogP contribution in [0.15, 0.2) is 40.9 Å². The van der Waals surface area contributed by atoms with Gasteiger partial charge in [-0.3, -0.25) is 9.79 Å². The normalized spacial score (nSPS) is 16.4. The molecule has 0 radical (unpaired) electrons. The summed E-state index contributed by atoms with van der Waals surface area (Å²) in [5, 5.41) is 10.2. The second kappa shape index (κ2) is 4.95. The number of aliphatic imine (C=N–C) groups is 1. The third kappa shape index (κ3) is 2.44. The molecule has 1 aromatic rings. The van der Waals surface area contributed by atoms with Gasteiger partial charge in [0.15, 0.2) is 5.78 Å². The van der Waals surface area contributed by atoms with Crippen LogP contribution in [0, 0.1) is 0 Å². The molecule has 3 heteroatoms. The predicted octanol–water partition coefficient (Wildman–Crippen LogP) is 2.78. The van der Waals surface area contributed by atoms with Crippen molar-refractivity contribution in [3.63, 3.8) is 0 Å². The van der Waals surface area contributed by atoms with Crippen molar-refractivity contribution in [2.24, 2.45) is 4.99 Å². The van der Waals surface area contributed by atoms with E-state index in [1.54, 1.807) is 12.1 Å². The molecule has 0 aromatic heterocycles. The SMILES string of the molecule is CC(=O)C(C1=NCCC1)=C(O)c1ccccc1. The van der Waals surface area contributed by atoms with Gasteiger partial charge in [0, 0.05) is 17.8 Å². The summed E-state index contributed by atoms with van der Waals surface area (Å²) in [6.07, 6.45) is 1.72. The minimum atomic E-state index is -0.132. The first kappa shape index (κ1) is 11.6. The fourth-order valence-electron chi connectivity index (χ4n) is 1.99. The maximum atomic E-state index is 11.6. The van der Waals surface area contributed by atoms with Crippen LogP contribution in [0.4, 0.5) is 0 Å². The largest absolute Gasteiger partial charge is 0.506 e. The highest BCUT2D eigenvalue weighted by Crippen LogP contribution is 2.21. The zero-order valence-corrected chi connectivity index (χ0v) is 9.81. The van der Waals surface area contributed by atoms with Crippen LogP contribution in [0.3, 0.4) is 0 Å². The Labute approximate surface area is 101 Å². The fraction of sp³-hybridized carbons (Fsp3) is 0.286. The Morgan fingerprint density at radius 1 is 1.29 bits per heavy atom. The Hall–Kier alpha value is -1.90. The number of carbonyl (C=O) groups excluding carboxylic acids is 1. The Balaban J connectivity index is 2.47. The average Bonchev–Trinajstić information content (AvgIpc) is 2.83. The highest BCUT2D eigenvalue weighted by molar-refractivity contribution is 6.26. The smallest absolute Gasteiger partial charge is 0.165 e. The molecular weight excluding hydrogens is 214 g/mol. The van der Waals surface area contributed by atoms with Gasteiger partial charge >= 0.3 is 0 Å². The summed E-state index contributed by atoms with van der Waals surface area (Å²) < 4.78 is 0. The maximum absolute atomic E-state index is 11.6. The van der Waals surface area contributed by atoms with Crippen molar-refractivity contribution in [1.82, 2.24) is 0 Å². The van der Waals surface area contributed by atoms with Crippen LogP contribution >= 0.6 is 0 Å². The maximum Gasteiger partial charge on any atom is 0.165 e. The Morgan fingerprint density at radius 2 is 2.00 bits per heavy atom. The molecule has 0 fully saturated rings. The first-order valence-electron chi connectivity index (χ1n) is 5.73. The van der Waals surface area contributed by atoms with Crippen molar-refractivity contribution in [2.75, 3.05) is 6.54 Å². The standard InChI is InChI=1S/C14H15NO2/c1-10(16)13(12-8-5-9-15-12)14(17)11-6-3-2-4-7-11/h2-4,6-7,17H,5,8-9H2,1H3. The lowest BCUT2D eigenvalue weighted by Crippen LogP contribution is -2.11. The highest BCUT2D eigenvalue weighted by Gasteiger charge is 2.20. The molecule has 1 aromatic carbocycles. The van der Waals surface area contributed by atoms with E-state index in [-0.39, 0.29) is 11.5 Å². The second-order valence-corrected chi connectivity index (χ2v) is 4.08. The highest BCUT2D eigenvalue weighted by atomic mass is 16.3. The molecule has 17 heavy (non-hydrogen) atoms. The van der Waals surface area contributed by atoms with Crippen LogP contribution in [0.2, 0.25) is 0 Å². The van der Waals surface area contributed by atoms with Crippen molar-refractivity contribution in [2.45, 2.75) is 19.8 Å². The molecule has 0 spiro atoms. The minimum Gasteiger partial charge on any atom is -0.506 e. The van der Waals surface area contributed by atoms with E-state index in [9.17, 15) is 9.90 Å². The molecular formula is C14H15NO2. The number of rotatable bonds is 3. The Bertz CT molecular complexity index is 486. The third-order valence-electron chi connectivity index (χ3n) is 2.80. The van der Waals surface area contributed by atoms with Crippen LogP contribution < -0.4 is 0 Å². The van der Waals surface area contributed by atoms with Crippen LogP contribution in [0.5, 0.6) is 0 Å². The van der Waals surface area contributed by atoms with Gasteiger partial charge in [0.05, 0.1) is 5.57 Å². The molecule has 0 amide bonds. The molecule has 1 N–H and O–H groups in total. The second-order valence-electron chi connectivity index (χ2n) is 4.08. The zero-order chi connectivity index (χ0) is 12.3. The predicted molar refractivity (Wildman–Crippen MR) is 68.2 cm³/mol. The lowest BCUT2D eigenvalue weighted by Gasteiger charge is -2.08. The van der Waals surface area contributed by atoms with Crippen LogP contribution in [0.25, 0.3) is 5.76 Å². The molecule has 88 valence electrons. The monoisotopic (exact) mass is 229 g/mol. The summed E-state index contributed by atoms with van der Waals surface area (Å²) in [6.45, 7) is 2.21. The van der Waals surface area contributed by atoms with Gasteiger partial charge in [-0.05, 0) is 19.8 Å². The van der Waals surface area contributed by atoms with Gasteiger partial charge in [-0.1, -0.05) is 30.3 Å². The number of Topliss-reactive ketones (excluding diaryl/α,β-unsaturated/α-hetero) is 1. The lowest BCUT2D eigenvalue weighted by atomic mass is 9.99. The topological polar surface area (TPSA) is 49.7 Å². The first-order valence-corrected chi connectivity index (χ1v) is 5.73. The minimum absolute atomic E-state index is 0.0405. The molecule has 0 bridgehead atoms. The van der Waals surface area contributed by atoms with E-state index in [0.717, 1.165) is 25.1 Å². The Kier molecular flexibility index (Phi) is 3.38. The van der Waals surface area contributed by atoms with Gasteiger partial charge in [-0.15, -0.1) is 0 Å². The summed E-state index contributed by atoms with van der Waals surface area (Å²) in [5.41, 5.74) is 1.76. The van der Waals surface area contributed by atoms with E-state index in [2.05, 4.69) is 4.99 Å². The first-order chi connectivity index (χ1) is 8.20. The molecule has 1 heterocycles. The average molecular weight is 229 g/mol. The number of hydrogen-bond acceptors (Lipinski definition) is 3. The van der Waals surface area contributed by atoms with Crippen molar-refractivity contribution >= 4 is 17.3 Å². The van der Waals surface area contributed by atoms with Crippen molar-refractivity contribution in [3.8, 4) is 0 Å². The van der Waals surface area contributed by atoms with E-state index < -0.39 is 0 Å². The fourth-order valence-corrected chi connectivity index (χ4v) is 1.99. The third-order valence-corrected chi connectivity index (χ3v) is 2.80. The number of carbonyl (C=O) groups is 1. The number of nitrogens with zero attached hydrogens (tertiary/aromatic N) is 1. The van der Waals surface area contributed by atoms with E-state index in [1.807, 2.05) is 18.2 Å². The summed E-state index contributed by atoms with van der Waals surface area (Å²) in [6, 6.07) is 9.11. The van der Waals surface area contributed by atoms with Gasteiger partial charge in [-0.2, -0.15) is 0 Å². The van der Waals surface area contributed by atoms with Crippen LogP contribution in [-0.2, 0) is 4.79 Å². The zero-order valence-electron chi connectivity index (χ0n) is 9.81. The number of allylic oxidation sites excluding steroid dienone is 1. The molecule has 3 nitrogen and oxygen atoms in total. The molecule has 0 saturated heterocycles. The molecule has 0 aliphatic carbocycles. The van der Waals surface area contributed by atoms with Gasteiger partial charge in [0.2, 0.25) is 0 Å². The van der Waals surface area contributed by atoms with E-state index in [0.29, 0.717) is 11.1 Å². The Morgan fingerprint density at radius 3 is 2.53 bits per heavy atom. The summed E-state index contributed by atoms with van der Waals surface area (Å²) in [5.74, 6) is -0.0919. The van der Waals surface area contributed by atoms with Crippen molar-refractivity contribution < 1.29 is 9.90 Å². The van der Waals surface area contributed by atoms with Gasteiger partial charge < -0.3 is 5.11 Å². The number of hydrogen-bond donors (Lipinski definition) is 1. The van der Waals surface area contributed by atoms with Crippen LogP contribution in [-0.4, -0.2) is 23.1 Å². The van der Waals surface area contributed by atoms with Gasteiger partial charge in [-0.25, -0.2) is 0 Å². The van der Waals surface area contributed by atoms with Gasteiger partial charge in [0.1, 0.15) is 5.76 Å². The molecule has 0 unspecified atom stereocenters. The van der Waals surface area contributed by atoms with E-state index in [4.69, 9.17) is 0 Å². The van der Waals surface area contributed by atoms with Crippen molar-refractivity contribution in [1.29, 1.82) is 0 Å². The van der Waals surface area contributed by atoms with Crippen LogP contribution in [0.1, 0.15) is 25.3 Å². The number of aliphatic hydroxyl groups is 1. The molecule has 1 aliphatic heterocycles. The molecule has 1 aliphatic rings. The number of benzene rings is 1. The quantitative estimate of drug-likeness (QED) is 0.640. The summed E-state index contributed by atoms with van der Waals surface area (Å²) in [7, 11) is 0. The number of aliphatic hydroxyl groups excluding tert-OH is 1. The van der Waals surface area contributed by atoms with E-state index >= 15 is 0 Å². The molecule has 0 atom stereocenters. The molecule has 2 rings (SSSR count). The van der Waals surface area contributed by atoms with Crippen molar-refractivity contribution in [3.05, 3.63) is 41.5 Å². The molecule has 0 saturated carbocycles. The summed E-state index contributed by atoms with van der Waals surface area (Å²) >= 11 is 0. The number of ketones is 1. The van der Waals surface area contributed by atoms with E-state index in [1.165, 1.54) is 6.92 Å². The van der Waals surface area contributed by atoms with Gasteiger partial charge in [0.25, 0.3) is 0 Å². The summed E-state index contributed by atoms with van der Waals surface area (Å²) in [4.78, 5) is 15.9.